The van der Waals surface area contributed by atoms with Gasteiger partial charge in [0.05, 0.1) is 23.4 Å². The molecule has 7 rings (SSSR count). The number of allylic oxidation sites excluding steroid dienone is 6. The van der Waals surface area contributed by atoms with Gasteiger partial charge in [-0.25, -0.2) is 9.59 Å². The van der Waals surface area contributed by atoms with Crippen LogP contribution in [0.4, 0.5) is 0 Å². The second kappa shape index (κ2) is 12.0. The minimum absolute atomic E-state index is 0.0429. The fourth-order valence-electron chi connectivity index (χ4n) is 9.75. The molecule has 0 amide bonds. The first kappa shape index (κ1) is 32.6. The number of ether oxygens (including phenoxy) is 3. The number of carbonyl (C=O) groups is 5. The first-order valence-electron chi connectivity index (χ1n) is 16.9. The van der Waals surface area contributed by atoms with E-state index in [1.165, 1.54) is 0 Å². The Hall–Kier alpha value is -3.33. The molecule has 248 valence electrons. The SMILES string of the molecule is CC(C)(C)C12C=CC(CC1)CC2C(=O)OCCC1(C(=O)OC(=O)/C=C\C(=O)OC(=O)C2(CCO)CC3C=CC2C3)CC2C=CC1C2. The topological polar surface area (TPSA) is 133 Å². The van der Waals surface area contributed by atoms with Crippen LogP contribution in [0, 0.1) is 57.2 Å². The molecule has 7 aliphatic rings. The molecule has 9 nitrogen and oxygen atoms in total. The van der Waals surface area contributed by atoms with E-state index in [-0.39, 0.29) is 72.4 Å². The summed E-state index contributed by atoms with van der Waals surface area (Å²) in [4.78, 5) is 65.2. The molecule has 0 heterocycles. The van der Waals surface area contributed by atoms with Crippen molar-refractivity contribution in [3.05, 3.63) is 48.6 Å². The Bertz CT molecular complexity index is 1410. The van der Waals surface area contributed by atoms with Crippen LogP contribution in [0.25, 0.3) is 0 Å². The summed E-state index contributed by atoms with van der Waals surface area (Å²) in [5.41, 5.74) is -2.35. The quantitative estimate of drug-likeness (QED) is 0.113. The standard InChI is InChI=1S/C37H46O9/c1-34(2,3)37-12-10-23(11-13-37)20-28(37)31(41)44-17-15-36(22-25-5-7-27(36)19-25)33(43)46-30(40)9-8-29(39)45-32(42)35(14-16-38)21-24-4-6-26(35)18-24/h4-10,12,23-28,38H,11,13-22H2,1-3H3/b9-8-. The van der Waals surface area contributed by atoms with Crippen molar-refractivity contribution >= 4 is 29.8 Å². The number of fused-ring (bicyclic) bond motifs is 6. The van der Waals surface area contributed by atoms with Gasteiger partial charge in [-0.05, 0) is 92.8 Å². The van der Waals surface area contributed by atoms with Crippen LogP contribution in [-0.4, -0.2) is 48.2 Å². The van der Waals surface area contributed by atoms with Gasteiger partial charge in [-0.1, -0.05) is 57.2 Å². The van der Waals surface area contributed by atoms with Gasteiger partial charge in [0.15, 0.2) is 0 Å². The number of aliphatic hydroxyl groups excluding tert-OH is 1. The number of esters is 5. The molecule has 0 saturated heterocycles. The first-order chi connectivity index (χ1) is 21.8. The Labute approximate surface area is 270 Å². The van der Waals surface area contributed by atoms with Gasteiger partial charge in [0.25, 0.3) is 0 Å². The summed E-state index contributed by atoms with van der Waals surface area (Å²) in [7, 11) is 0. The van der Waals surface area contributed by atoms with E-state index in [0.29, 0.717) is 18.8 Å². The number of aliphatic hydroxyl groups is 1. The average molecular weight is 635 g/mol. The van der Waals surface area contributed by atoms with Crippen molar-refractivity contribution < 1.29 is 43.3 Å². The van der Waals surface area contributed by atoms with Gasteiger partial charge in [-0.3, -0.25) is 14.4 Å². The molecule has 0 radical (unpaired) electrons. The highest BCUT2D eigenvalue weighted by molar-refractivity contribution is 6.00. The molecular formula is C37H46O9. The Morgan fingerprint density at radius 3 is 1.78 bits per heavy atom. The largest absolute Gasteiger partial charge is 0.465 e. The molecule has 0 aromatic heterocycles. The lowest BCUT2D eigenvalue weighted by Gasteiger charge is -2.54. The highest BCUT2D eigenvalue weighted by Crippen LogP contribution is 2.59. The minimum Gasteiger partial charge on any atom is -0.465 e. The fourth-order valence-corrected chi connectivity index (χ4v) is 9.75. The highest BCUT2D eigenvalue weighted by Gasteiger charge is 2.57. The number of rotatable bonds is 10. The second-order valence-corrected chi connectivity index (χ2v) is 15.6. The van der Waals surface area contributed by atoms with Gasteiger partial charge in [-0.15, -0.1) is 0 Å². The van der Waals surface area contributed by atoms with Crippen LogP contribution in [0.3, 0.4) is 0 Å². The zero-order valence-corrected chi connectivity index (χ0v) is 27.1. The monoisotopic (exact) mass is 634 g/mol. The van der Waals surface area contributed by atoms with Gasteiger partial charge in [0, 0.05) is 24.2 Å². The minimum atomic E-state index is -1.04. The van der Waals surface area contributed by atoms with Crippen molar-refractivity contribution in [3.8, 4) is 0 Å². The lowest BCUT2D eigenvalue weighted by atomic mass is 9.50. The normalized spacial score (nSPS) is 38.1. The summed E-state index contributed by atoms with van der Waals surface area (Å²) >= 11 is 0. The molecular weight excluding hydrogens is 588 g/mol. The summed E-state index contributed by atoms with van der Waals surface area (Å²) < 4.78 is 16.2. The van der Waals surface area contributed by atoms with Crippen LogP contribution in [0.15, 0.2) is 48.6 Å². The Balaban J connectivity index is 1.05. The van der Waals surface area contributed by atoms with Crippen molar-refractivity contribution in [2.45, 2.75) is 78.6 Å². The Kier molecular flexibility index (Phi) is 8.53. The summed E-state index contributed by atoms with van der Waals surface area (Å²) in [6.45, 7) is 6.34. The summed E-state index contributed by atoms with van der Waals surface area (Å²) in [5, 5.41) is 9.56. The second-order valence-electron chi connectivity index (χ2n) is 15.6. The zero-order valence-electron chi connectivity index (χ0n) is 27.1. The van der Waals surface area contributed by atoms with E-state index < -0.39 is 34.7 Å². The third-order valence-corrected chi connectivity index (χ3v) is 12.4. The predicted molar refractivity (Wildman–Crippen MR) is 166 cm³/mol. The summed E-state index contributed by atoms with van der Waals surface area (Å²) in [6, 6.07) is 0. The lowest BCUT2D eigenvalue weighted by Crippen LogP contribution is -2.50. The maximum atomic E-state index is 13.6. The van der Waals surface area contributed by atoms with Crippen molar-refractivity contribution in [1.82, 2.24) is 0 Å². The van der Waals surface area contributed by atoms with E-state index in [1.54, 1.807) is 0 Å². The van der Waals surface area contributed by atoms with Gasteiger partial charge in [0.1, 0.15) is 0 Å². The summed E-state index contributed by atoms with van der Waals surface area (Å²) in [5.74, 6) is -3.45. The fraction of sp³-hybridized carbons (Fsp3) is 0.649. The van der Waals surface area contributed by atoms with Crippen LogP contribution in [0.5, 0.6) is 0 Å². The maximum Gasteiger partial charge on any atom is 0.338 e. The number of hydrogen-bond donors (Lipinski definition) is 1. The van der Waals surface area contributed by atoms with Crippen molar-refractivity contribution in [1.29, 1.82) is 0 Å². The lowest BCUT2D eigenvalue weighted by molar-refractivity contribution is -0.171. The van der Waals surface area contributed by atoms with E-state index in [9.17, 15) is 29.1 Å². The molecule has 1 N–H and O–H groups in total. The molecule has 0 spiro atoms. The van der Waals surface area contributed by atoms with Gasteiger partial charge < -0.3 is 19.3 Å². The zero-order chi connectivity index (χ0) is 32.9. The maximum absolute atomic E-state index is 13.6. The summed E-state index contributed by atoms with van der Waals surface area (Å²) in [6.07, 6.45) is 19.8. The van der Waals surface area contributed by atoms with Gasteiger partial charge >= 0.3 is 29.8 Å². The molecule has 9 heteroatoms. The molecule has 0 aliphatic heterocycles. The van der Waals surface area contributed by atoms with E-state index in [2.05, 4.69) is 39.0 Å². The third-order valence-electron chi connectivity index (χ3n) is 12.4. The number of carbonyl (C=O) groups excluding carboxylic acids is 5. The van der Waals surface area contributed by atoms with E-state index in [4.69, 9.17) is 14.2 Å². The molecule has 46 heavy (non-hydrogen) atoms. The number of hydrogen-bond acceptors (Lipinski definition) is 9. The molecule has 6 bridgehead atoms. The van der Waals surface area contributed by atoms with Crippen molar-refractivity contribution in [2.75, 3.05) is 13.2 Å². The van der Waals surface area contributed by atoms with Gasteiger partial charge in [-0.2, -0.15) is 0 Å². The average Bonchev–Trinajstić information content (AvgIpc) is 3.82. The molecule has 0 aromatic carbocycles. The van der Waals surface area contributed by atoms with E-state index >= 15 is 0 Å². The smallest absolute Gasteiger partial charge is 0.338 e. The molecule has 3 fully saturated rings. The Morgan fingerprint density at radius 1 is 0.783 bits per heavy atom. The van der Waals surface area contributed by atoms with Crippen molar-refractivity contribution in [3.63, 3.8) is 0 Å². The van der Waals surface area contributed by atoms with Crippen molar-refractivity contribution in [2.24, 2.45) is 57.2 Å². The van der Waals surface area contributed by atoms with E-state index in [0.717, 1.165) is 44.3 Å². The molecule has 9 unspecified atom stereocenters. The van der Waals surface area contributed by atoms with Crippen LogP contribution in [0.1, 0.15) is 78.6 Å². The first-order valence-corrected chi connectivity index (χ1v) is 16.9. The third kappa shape index (κ3) is 5.52. The van der Waals surface area contributed by atoms with Gasteiger partial charge in [0.2, 0.25) is 0 Å². The van der Waals surface area contributed by atoms with Crippen LogP contribution in [0.2, 0.25) is 0 Å². The predicted octanol–water partition coefficient (Wildman–Crippen LogP) is 5.18. The molecule has 0 aromatic rings. The van der Waals surface area contributed by atoms with Crippen LogP contribution < -0.4 is 0 Å². The van der Waals surface area contributed by atoms with E-state index in [1.807, 2.05) is 18.2 Å². The highest BCUT2D eigenvalue weighted by atomic mass is 16.6. The van der Waals surface area contributed by atoms with Crippen LogP contribution in [-0.2, 0) is 38.2 Å². The molecule has 9 atom stereocenters. The molecule has 3 saturated carbocycles. The molecule has 7 aliphatic carbocycles. The Morgan fingerprint density at radius 2 is 1.35 bits per heavy atom. The van der Waals surface area contributed by atoms with Crippen LogP contribution >= 0.6 is 0 Å².